The van der Waals surface area contributed by atoms with E-state index in [-0.39, 0.29) is 0 Å². The Morgan fingerprint density at radius 2 is 2.24 bits per heavy atom. The molecule has 7 nitrogen and oxygen atoms in total. The molecule has 3 rings (SSSR count). The van der Waals surface area contributed by atoms with Crippen LogP contribution in [0.4, 0.5) is 0 Å². The Hall–Kier alpha value is -2.41. The zero-order chi connectivity index (χ0) is 15.0. The van der Waals surface area contributed by atoms with Gasteiger partial charge in [0.05, 0.1) is 18.2 Å². The molecule has 2 unspecified atom stereocenters. The van der Waals surface area contributed by atoms with Gasteiger partial charge >= 0.3 is 0 Å². The highest BCUT2D eigenvalue weighted by Crippen LogP contribution is 2.48. The molecule has 0 aliphatic carbocycles. The van der Waals surface area contributed by atoms with Crippen molar-refractivity contribution in [1.29, 1.82) is 0 Å². The Bertz CT molecular complexity index is 700. The van der Waals surface area contributed by atoms with E-state index in [1.54, 1.807) is 42.5 Å². The summed E-state index contributed by atoms with van der Waals surface area (Å²) in [4.78, 5) is 19.3. The molecule has 0 saturated heterocycles. The Kier molecular flexibility index (Phi) is 3.13. The quantitative estimate of drug-likeness (QED) is 0.904. The number of aromatic amines is 1. The fraction of sp³-hybridized carbons (Fsp3) is 0.231. The van der Waals surface area contributed by atoms with Crippen LogP contribution in [0.3, 0.4) is 0 Å². The minimum Gasteiger partial charge on any atom is -0.367 e. The summed E-state index contributed by atoms with van der Waals surface area (Å²) in [5.41, 5.74) is 5.49. The minimum atomic E-state index is -1.39. The molecule has 0 spiro atoms. The van der Waals surface area contributed by atoms with Gasteiger partial charge in [-0.25, -0.2) is 4.98 Å². The third-order valence-corrected chi connectivity index (χ3v) is 3.92. The smallest absolute Gasteiger partial charge is 0.254 e. The highest BCUT2D eigenvalue weighted by Gasteiger charge is 2.55. The molecule has 2 aromatic rings. The molecule has 21 heavy (non-hydrogen) atoms. The maximum atomic E-state index is 12.3. The molecule has 1 aliphatic heterocycles. The molecule has 0 saturated carbocycles. The van der Waals surface area contributed by atoms with Crippen molar-refractivity contribution in [3.8, 4) is 0 Å². The van der Waals surface area contributed by atoms with Crippen molar-refractivity contribution < 1.29 is 4.79 Å². The van der Waals surface area contributed by atoms with Gasteiger partial charge in [0.15, 0.2) is 0 Å². The number of imidazole rings is 1. The van der Waals surface area contributed by atoms with Crippen LogP contribution in [0, 0.1) is 0 Å². The number of carbonyl (C=O) groups is 1. The van der Waals surface area contributed by atoms with Crippen molar-refractivity contribution in [3.63, 3.8) is 0 Å². The molecule has 8 heteroatoms. The van der Waals surface area contributed by atoms with Gasteiger partial charge in [0.25, 0.3) is 5.91 Å². The highest BCUT2D eigenvalue weighted by atomic mass is 35.5. The van der Waals surface area contributed by atoms with Crippen molar-refractivity contribution in [2.45, 2.75) is 11.6 Å². The molecule has 3 N–H and O–H groups in total. The molecule has 2 atom stereocenters. The normalized spacial score (nSPS) is 24.5. The first-order chi connectivity index (χ1) is 10.1. The van der Waals surface area contributed by atoms with Gasteiger partial charge in [-0.05, 0) is 6.07 Å². The van der Waals surface area contributed by atoms with Crippen LogP contribution >= 0.6 is 11.6 Å². The molecular formula is C13H13ClN6O. The molecule has 1 aromatic heterocycles. The number of benzene rings is 1. The van der Waals surface area contributed by atoms with Crippen molar-refractivity contribution in [2.24, 2.45) is 16.1 Å². The molecule has 0 fully saturated rings. The second-order valence-corrected chi connectivity index (χ2v) is 5.19. The maximum Gasteiger partial charge on any atom is 0.254 e. The second-order valence-electron chi connectivity index (χ2n) is 4.78. The van der Waals surface area contributed by atoms with Gasteiger partial charge in [-0.3, -0.25) is 9.80 Å². The number of rotatable bonds is 3. The molecular weight excluding hydrogens is 292 g/mol. The first-order valence-corrected chi connectivity index (χ1v) is 6.64. The number of H-pyrrole nitrogens is 1. The SMILES string of the molecule is CN1N=NC(C(N)=O)(c2ccccc2Cl)C1c1cnc[nH]1. The monoisotopic (exact) mass is 304 g/mol. The summed E-state index contributed by atoms with van der Waals surface area (Å²) < 4.78 is 0. The van der Waals surface area contributed by atoms with Crippen LogP contribution in [-0.4, -0.2) is 27.9 Å². The van der Waals surface area contributed by atoms with Crippen LogP contribution in [-0.2, 0) is 10.3 Å². The lowest BCUT2D eigenvalue weighted by Crippen LogP contribution is -2.46. The third-order valence-electron chi connectivity index (χ3n) is 3.59. The van der Waals surface area contributed by atoms with E-state index in [4.69, 9.17) is 17.3 Å². The van der Waals surface area contributed by atoms with Gasteiger partial charge < -0.3 is 10.7 Å². The predicted molar refractivity (Wildman–Crippen MR) is 76.3 cm³/mol. The maximum absolute atomic E-state index is 12.3. The van der Waals surface area contributed by atoms with Crippen LogP contribution in [0.25, 0.3) is 0 Å². The van der Waals surface area contributed by atoms with E-state index < -0.39 is 17.5 Å². The van der Waals surface area contributed by atoms with Gasteiger partial charge in [0, 0.05) is 17.6 Å². The summed E-state index contributed by atoms with van der Waals surface area (Å²) >= 11 is 6.26. The first-order valence-electron chi connectivity index (χ1n) is 6.26. The molecule has 0 radical (unpaired) electrons. The number of amides is 1. The van der Waals surface area contributed by atoms with E-state index in [1.807, 2.05) is 0 Å². The third kappa shape index (κ3) is 1.89. The number of nitrogens with two attached hydrogens (primary N) is 1. The van der Waals surface area contributed by atoms with E-state index in [0.29, 0.717) is 16.3 Å². The first kappa shape index (κ1) is 13.6. The second kappa shape index (κ2) is 4.85. The number of likely N-dealkylation sites (N-methyl/N-ethyl adjacent to an activating group) is 1. The average molecular weight is 305 g/mol. The molecule has 1 amide bonds. The number of halogens is 1. The zero-order valence-corrected chi connectivity index (χ0v) is 11.9. The molecule has 0 bridgehead atoms. The lowest BCUT2D eigenvalue weighted by Gasteiger charge is -2.31. The molecule has 2 heterocycles. The van der Waals surface area contributed by atoms with Crippen molar-refractivity contribution in [2.75, 3.05) is 7.05 Å². The summed E-state index contributed by atoms with van der Waals surface area (Å²) in [5, 5.41) is 10.2. The number of nitrogens with zero attached hydrogens (tertiary/aromatic N) is 4. The minimum absolute atomic E-state index is 0.412. The Morgan fingerprint density at radius 1 is 1.48 bits per heavy atom. The average Bonchev–Trinajstić information content (AvgIpc) is 3.07. The lowest BCUT2D eigenvalue weighted by molar-refractivity contribution is -0.124. The van der Waals surface area contributed by atoms with E-state index in [1.165, 1.54) is 6.33 Å². The van der Waals surface area contributed by atoms with E-state index in [2.05, 4.69) is 20.3 Å². The lowest BCUT2D eigenvalue weighted by atomic mass is 9.81. The Balaban J connectivity index is 2.24. The fourth-order valence-electron chi connectivity index (χ4n) is 2.65. The van der Waals surface area contributed by atoms with Gasteiger partial charge in [-0.2, -0.15) is 0 Å². The van der Waals surface area contributed by atoms with Crippen molar-refractivity contribution >= 4 is 17.5 Å². The van der Waals surface area contributed by atoms with Crippen molar-refractivity contribution in [3.05, 3.63) is 53.1 Å². The van der Waals surface area contributed by atoms with Crippen LogP contribution in [0.1, 0.15) is 17.3 Å². The molecule has 108 valence electrons. The topological polar surface area (TPSA) is 99.7 Å². The number of nitrogens with one attached hydrogen (secondary N) is 1. The summed E-state index contributed by atoms with van der Waals surface area (Å²) in [5.74, 6) is -0.622. The summed E-state index contributed by atoms with van der Waals surface area (Å²) in [6, 6.07) is 6.46. The number of primary amides is 1. The predicted octanol–water partition coefficient (Wildman–Crippen LogP) is 1.80. The summed E-state index contributed by atoms with van der Waals surface area (Å²) in [6.45, 7) is 0. The Labute approximate surface area is 125 Å². The van der Waals surface area contributed by atoms with E-state index in [0.717, 1.165) is 0 Å². The number of hydrogen-bond acceptors (Lipinski definition) is 5. The van der Waals surface area contributed by atoms with Gasteiger partial charge in [0.2, 0.25) is 5.54 Å². The standard InChI is InChI=1S/C13H13ClN6O/c1-20-11(10-6-16-7-17-10)13(12(15)21,18-19-20)8-4-2-3-5-9(8)14/h2-7,11H,1H3,(H2,15,21)(H,16,17). The summed E-state index contributed by atoms with van der Waals surface area (Å²) in [7, 11) is 1.72. The van der Waals surface area contributed by atoms with E-state index in [9.17, 15) is 4.79 Å². The molecule has 1 aromatic carbocycles. The Morgan fingerprint density at radius 3 is 2.86 bits per heavy atom. The number of aromatic nitrogens is 2. The van der Waals surface area contributed by atoms with Crippen LogP contribution in [0.5, 0.6) is 0 Å². The number of hydrogen-bond donors (Lipinski definition) is 2. The van der Waals surface area contributed by atoms with Gasteiger partial charge in [-0.15, -0.1) is 5.11 Å². The zero-order valence-electron chi connectivity index (χ0n) is 11.2. The van der Waals surface area contributed by atoms with Gasteiger partial charge in [0.1, 0.15) is 6.04 Å². The van der Waals surface area contributed by atoms with E-state index >= 15 is 0 Å². The van der Waals surface area contributed by atoms with Crippen LogP contribution in [0.2, 0.25) is 5.02 Å². The van der Waals surface area contributed by atoms with Crippen LogP contribution < -0.4 is 5.73 Å². The fourth-order valence-corrected chi connectivity index (χ4v) is 2.93. The van der Waals surface area contributed by atoms with Crippen LogP contribution in [0.15, 0.2) is 47.1 Å². The van der Waals surface area contributed by atoms with Crippen molar-refractivity contribution in [1.82, 2.24) is 15.0 Å². The largest absolute Gasteiger partial charge is 0.367 e. The van der Waals surface area contributed by atoms with Gasteiger partial charge in [-0.1, -0.05) is 35.0 Å². The number of carbonyl (C=O) groups excluding carboxylic acids is 1. The molecule has 1 aliphatic rings. The summed E-state index contributed by atoms with van der Waals surface area (Å²) in [6.07, 6.45) is 3.14. The highest BCUT2D eigenvalue weighted by molar-refractivity contribution is 6.31.